The van der Waals surface area contributed by atoms with E-state index in [1.807, 2.05) is 36.4 Å². The Morgan fingerprint density at radius 3 is 2.32 bits per heavy atom. The van der Waals surface area contributed by atoms with Crippen LogP contribution in [0.4, 0.5) is 0 Å². The van der Waals surface area contributed by atoms with Gasteiger partial charge in [0.1, 0.15) is 0 Å². The minimum atomic E-state index is -3.35. The Bertz CT molecular complexity index is 606. The molecule has 2 rings (SSSR count). The zero-order chi connectivity index (χ0) is 13.7. The van der Waals surface area contributed by atoms with Crippen molar-refractivity contribution in [3.63, 3.8) is 0 Å². The molecule has 0 spiro atoms. The molecule has 0 aliphatic heterocycles. The maximum Gasteiger partial charge on any atom is 0.233 e. The summed E-state index contributed by atoms with van der Waals surface area (Å²) in [5.41, 5.74) is 1.01. The maximum atomic E-state index is 12.2. The van der Waals surface area contributed by atoms with E-state index in [-0.39, 0.29) is 6.16 Å². The van der Waals surface area contributed by atoms with Gasteiger partial charge in [-0.1, -0.05) is 54.1 Å². The van der Waals surface area contributed by atoms with Crippen LogP contribution in [0.3, 0.4) is 0 Å². The van der Waals surface area contributed by atoms with E-state index in [0.29, 0.717) is 10.3 Å². The average molecular weight is 293 g/mol. The summed E-state index contributed by atoms with van der Waals surface area (Å²) in [4.78, 5) is 10.0. The highest BCUT2D eigenvalue weighted by atomic mass is 35.5. The molecule has 0 bridgehead atoms. The van der Waals surface area contributed by atoms with Crippen molar-refractivity contribution in [2.24, 2.45) is 0 Å². The highest BCUT2D eigenvalue weighted by Gasteiger charge is 2.18. The second kappa shape index (κ2) is 6.21. The van der Waals surface area contributed by atoms with E-state index < -0.39 is 7.37 Å². The lowest BCUT2D eigenvalue weighted by Gasteiger charge is -2.09. The largest absolute Gasteiger partial charge is 0.341 e. The molecule has 2 aromatic carbocycles. The molecule has 0 aliphatic carbocycles. The zero-order valence-electron chi connectivity index (χ0n) is 10.2. The van der Waals surface area contributed by atoms with Crippen molar-refractivity contribution >= 4 is 30.4 Å². The highest BCUT2D eigenvalue weighted by Crippen LogP contribution is 2.39. The van der Waals surface area contributed by atoms with Gasteiger partial charge in [0.05, 0.1) is 0 Å². The number of benzene rings is 2. The smallest absolute Gasteiger partial charge is 0.233 e. The minimum Gasteiger partial charge on any atom is -0.341 e. The van der Waals surface area contributed by atoms with Gasteiger partial charge in [-0.15, -0.1) is 0 Å². The van der Waals surface area contributed by atoms with Gasteiger partial charge >= 0.3 is 0 Å². The first-order chi connectivity index (χ1) is 9.08. The van der Waals surface area contributed by atoms with Crippen molar-refractivity contribution < 1.29 is 9.46 Å². The van der Waals surface area contributed by atoms with Crippen molar-refractivity contribution in [2.45, 2.75) is 0 Å². The second-order valence-electron chi connectivity index (χ2n) is 4.17. The van der Waals surface area contributed by atoms with Crippen molar-refractivity contribution in [2.75, 3.05) is 6.16 Å². The van der Waals surface area contributed by atoms with Gasteiger partial charge in [0.25, 0.3) is 0 Å². The second-order valence-corrected chi connectivity index (χ2v) is 6.89. The lowest BCUT2D eigenvalue weighted by atomic mass is 10.2. The molecule has 0 amide bonds. The highest BCUT2D eigenvalue weighted by molar-refractivity contribution is 7.66. The molecule has 0 heterocycles. The van der Waals surface area contributed by atoms with Crippen molar-refractivity contribution in [1.29, 1.82) is 0 Å². The fraction of sp³-hybridized carbons (Fsp3) is 0.0667. The third-order valence-electron chi connectivity index (χ3n) is 2.69. The van der Waals surface area contributed by atoms with Crippen molar-refractivity contribution in [3.8, 4) is 0 Å². The molecule has 19 heavy (non-hydrogen) atoms. The Kier molecular flexibility index (Phi) is 4.60. The number of hydrogen-bond acceptors (Lipinski definition) is 1. The molecule has 1 N–H and O–H groups in total. The number of allylic oxidation sites excluding steroid dienone is 1. The molecule has 1 unspecified atom stereocenters. The SMILES string of the molecule is O=P(O)(C/C=C/c1ccccc1)c1ccc(Cl)cc1. The summed E-state index contributed by atoms with van der Waals surface area (Å²) in [6.45, 7) is 0. The van der Waals surface area contributed by atoms with E-state index in [9.17, 15) is 9.46 Å². The van der Waals surface area contributed by atoms with Gasteiger partial charge in [0, 0.05) is 16.5 Å². The van der Waals surface area contributed by atoms with Crippen LogP contribution >= 0.6 is 19.0 Å². The summed E-state index contributed by atoms with van der Waals surface area (Å²) in [6.07, 6.45) is 3.69. The lowest BCUT2D eigenvalue weighted by molar-refractivity contribution is 0.493. The first-order valence-corrected chi connectivity index (χ1v) is 8.10. The standard InChI is InChI=1S/C15H14ClO2P/c16-14-8-10-15(11-9-14)19(17,18)12-4-7-13-5-2-1-3-6-13/h1-11H,12H2,(H,17,18)/b7-4+. The fourth-order valence-electron chi connectivity index (χ4n) is 1.68. The van der Waals surface area contributed by atoms with E-state index in [2.05, 4.69) is 0 Å². The number of rotatable bonds is 4. The van der Waals surface area contributed by atoms with Gasteiger partial charge in [-0.3, -0.25) is 4.57 Å². The number of hydrogen-bond donors (Lipinski definition) is 1. The molecule has 4 heteroatoms. The van der Waals surface area contributed by atoms with Crippen LogP contribution in [0.5, 0.6) is 0 Å². The summed E-state index contributed by atoms with van der Waals surface area (Å²) < 4.78 is 12.2. The van der Waals surface area contributed by atoms with Gasteiger partial charge in [0.15, 0.2) is 0 Å². The molecule has 0 fully saturated rings. The number of halogens is 1. The molecule has 0 saturated carbocycles. The van der Waals surface area contributed by atoms with Gasteiger partial charge in [-0.25, -0.2) is 0 Å². The topological polar surface area (TPSA) is 37.3 Å². The van der Waals surface area contributed by atoms with E-state index in [1.54, 1.807) is 30.3 Å². The molecule has 0 saturated heterocycles. The fourth-order valence-corrected chi connectivity index (χ4v) is 3.02. The van der Waals surface area contributed by atoms with Crippen LogP contribution in [-0.4, -0.2) is 11.1 Å². The van der Waals surface area contributed by atoms with E-state index >= 15 is 0 Å². The van der Waals surface area contributed by atoms with Crippen LogP contribution in [0, 0.1) is 0 Å². The molecule has 0 radical (unpaired) electrons. The molecule has 0 aliphatic rings. The lowest BCUT2D eigenvalue weighted by Crippen LogP contribution is -2.05. The monoisotopic (exact) mass is 292 g/mol. The first-order valence-electron chi connectivity index (χ1n) is 5.87. The molecule has 1 atom stereocenters. The summed E-state index contributed by atoms with van der Waals surface area (Å²) in [6, 6.07) is 16.1. The third-order valence-corrected chi connectivity index (χ3v) is 4.76. The Morgan fingerprint density at radius 1 is 1.05 bits per heavy atom. The Morgan fingerprint density at radius 2 is 1.68 bits per heavy atom. The Balaban J connectivity index is 2.08. The molecule has 98 valence electrons. The summed E-state index contributed by atoms with van der Waals surface area (Å²) in [5.74, 6) is 0. The van der Waals surface area contributed by atoms with Crippen LogP contribution in [0.25, 0.3) is 6.08 Å². The normalized spacial score (nSPS) is 14.4. The molecular weight excluding hydrogens is 279 g/mol. The minimum absolute atomic E-state index is 0.115. The van der Waals surface area contributed by atoms with Crippen LogP contribution in [0.15, 0.2) is 60.7 Å². The van der Waals surface area contributed by atoms with Crippen LogP contribution in [0.2, 0.25) is 5.02 Å². The van der Waals surface area contributed by atoms with Crippen molar-refractivity contribution in [3.05, 3.63) is 71.3 Å². The van der Waals surface area contributed by atoms with E-state index in [4.69, 9.17) is 11.6 Å². The van der Waals surface area contributed by atoms with Crippen LogP contribution in [0.1, 0.15) is 5.56 Å². The van der Waals surface area contributed by atoms with Crippen molar-refractivity contribution in [1.82, 2.24) is 0 Å². The molecule has 2 nitrogen and oxygen atoms in total. The Labute approximate surface area is 117 Å². The quantitative estimate of drug-likeness (QED) is 0.866. The van der Waals surface area contributed by atoms with Gasteiger partial charge in [-0.05, 0) is 29.8 Å². The van der Waals surface area contributed by atoms with Gasteiger partial charge < -0.3 is 4.89 Å². The molecular formula is C15H14ClO2P. The molecule has 2 aromatic rings. The van der Waals surface area contributed by atoms with Crippen LogP contribution in [-0.2, 0) is 4.57 Å². The summed E-state index contributed by atoms with van der Waals surface area (Å²) >= 11 is 5.76. The Hall–Kier alpha value is -1.34. The maximum absolute atomic E-state index is 12.2. The van der Waals surface area contributed by atoms with Gasteiger partial charge in [0.2, 0.25) is 7.37 Å². The van der Waals surface area contributed by atoms with Gasteiger partial charge in [-0.2, -0.15) is 0 Å². The third kappa shape index (κ3) is 4.07. The predicted octanol–water partition coefficient (Wildman–Crippen LogP) is 3.95. The first kappa shape index (κ1) is 14.1. The molecule has 0 aromatic heterocycles. The predicted molar refractivity (Wildman–Crippen MR) is 81.3 cm³/mol. The summed E-state index contributed by atoms with van der Waals surface area (Å²) in [7, 11) is -3.35. The summed E-state index contributed by atoms with van der Waals surface area (Å²) in [5, 5.41) is 0.984. The average Bonchev–Trinajstić information content (AvgIpc) is 2.40. The van der Waals surface area contributed by atoms with Crippen LogP contribution < -0.4 is 5.30 Å². The van der Waals surface area contributed by atoms with E-state index in [0.717, 1.165) is 5.56 Å². The zero-order valence-corrected chi connectivity index (χ0v) is 11.9. The van der Waals surface area contributed by atoms with E-state index in [1.165, 1.54) is 0 Å².